The number of carbonyl (C=O) groups excluding carboxylic acids is 2. The Kier molecular flexibility index (Phi) is 3.68. The van der Waals surface area contributed by atoms with Gasteiger partial charge in [-0.05, 0) is 0 Å². The van der Waals surface area contributed by atoms with Crippen LogP contribution in [0.15, 0.2) is 12.4 Å². The summed E-state index contributed by atoms with van der Waals surface area (Å²) in [5.74, 6) is -1.02. The molecule has 1 aliphatic rings. The normalized spacial score (nSPS) is 19.2. The first-order chi connectivity index (χ1) is 9.32. The number of rotatable bonds is 3. The summed E-state index contributed by atoms with van der Waals surface area (Å²) in [6, 6.07) is 0. The standard InChI is InChI=1S/C10H12N4O5S/c1-19-9(16)6-3-12-10(13-4-6)14-5-7(2-8(14)15)20(11,17)18/h3-4,7H,2,5H2,1H3,(H2,11,17,18). The van der Waals surface area contributed by atoms with Gasteiger partial charge in [0.1, 0.15) is 5.25 Å². The molecule has 1 atom stereocenters. The van der Waals surface area contributed by atoms with Crippen LogP contribution in [0.25, 0.3) is 0 Å². The molecule has 1 aromatic rings. The highest BCUT2D eigenvalue weighted by molar-refractivity contribution is 7.89. The van der Waals surface area contributed by atoms with Gasteiger partial charge in [-0.25, -0.2) is 28.3 Å². The molecule has 2 rings (SSSR count). The summed E-state index contributed by atoms with van der Waals surface area (Å²) in [6.45, 7) is -0.102. The first-order valence-electron chi connectivity index (χ1n) is 5.55. The molecule has 10 heteroatoms. The smallest absolute Gasteiger partial charge is 0.341 e. The van der Waals surface area contributed by atoms with Crippen molar-refractivity contribution in [2.24, 2.45) is 5.14 Å². The van der Waals surface area contributed by atoms with Crippen molar-refractivity contribution in [1.82, 2.24) is 9.97 Å². The number of sulfonamides is 1. The Morgan fingerprint density at radius 3 is 2.50 bits per heavy atom. The predicted octanol–water partition coefficient (Wildman–Crippen LogP) is -1.34. The van der Waals surface area contributed by atoms with Crippen LogP contribution in [0.5, 0.6) is 0 Å². The van der Waals surface area contributed by atoms with Crippen LogP contribution < -0.4 is 10.0 Å². The first-order valence-corrected chi connectivity index (χ1v) is 7.16. The van der Waals surface area contributed by atoms with Gasteiger partial charge < -0.3 is 4.74 Å². The highest BCUT2D eigenvalue weighted by Crippen LogP contribution is 2.20. The van der Waals surface area contributed by atoms with E-state index >= 15 is 0 Å². The van der Waals surface area contributed by atoms with E-state index in [4.69, 9.17) is 5.14 Å². The van der Waals surface area contributed by atoms with Gasteiger partial charge in [0.2, 0.25) is 21.9 Å². The highest BCUT2D eigenvalue weighted by atomic mass is 32.2. The summed E-state index contributed by atoms with van der Waals surface area (Å²) < 4.78 is 27.0. The fourth-order valence-corrected chi connectivity index (χ4v) is 2.50. The molecule has 1 amide bonds. The van der Waals surface area contributed by atoms with Gasteiger partial charge >= 0.3 is 5.97 Å². The molecule has 1 aliphatic heterocycles. The lowest BCUT2D eigenvalue weighted by atomic mass is 10.3. The molecular weight excluding hydrogens is 288 g/mol. The number of carbonyl (C=O) groups is 2. The monoisotopic (exact) mass is 300 g/mol. The first kappa shape index (κ1) is 14.3. The van der Waals surface area contributed by atoms with Gasteiger partial charge in [-0.15, -0.1) is 0 Å². The summed E-state index contributed by atoms with van der Waals surface area (Å²) in [6.07, 6.45) is 2.19. The molecule has 9 nitrogen and oxygen atoms in total. The summed E-state index contributed by atoms with van der Waals surface area (Å²) in [7, 11) is -2.57. The number of nitrogens with zero attached hydrogens (tertiary/aromatic N) is 3. The number of aromatic nitrogens is 2. The van der Waals surface area contributed by atoms with Crippen molar-refractivity contribution in [3.8, 4) is 0 Å². The zero-order chi connectivity index (χ0) is 14.9. The van der Waals surface area contributed by atoms with Crippen molar-refractivity contribution in [1.29, 1.82) is 0 Å². The van der Waals surface area contributed by atoms with Crippen molar-refractivity contribution in [3.05, 3.63) is 18.0 Å². The van der Waals surface area contributed by atoms with E-state index in [9.17, 15) is 18.0 Å². The van der Waals surface area contributed by atoms with Crippen LogP contribution in [0.4, 0.5) is 5.95 Å². The van der Waals surface area contributed by atoms with E-state index in [0.29, 0.717) is 0 Å². The second-order valence-electron chi connectivity index (χ2n) is 4.18. The number of nitrogens with two attached hydrogens (primary N) is 1. The van der Waals surface area contributed by atoms with Gasteiger partial charge in [0.15, 0.2) is 0 Å². The van der Waals surface area contributed by atoms with Crippen LogP contribution in [0.1, 0.15) is 16.8 Å². The van der Waals surface area contributed by atoms with E-state index in [1.807, 2.05) is 0 Å². The van der Waals surface area contributed by atoms with E-state index in [-0.39, 0.29) is 24.5 Å². The molecule has 1 aromatic heterocycles. The fraction of sp³-hybridized carbons (Fsp3) is 0.400. The van der Waals surface area contributed by atoms with Gasteiger partial charge in [-0.2, -0.15) is 0 Å². The molecule has 1 fully saturated rings. The molecule has 2 N–H and O–H groups in total. The van der Waals surface area contributed by atoms with Crippen LogP contribution in [0.2, 0.25) is 0 Å². The lowest BCUT2D eigenvalue weighted by Gasteiger charge is -2.13. The lowest BCUT2D eigenvalue weighted by Crippen LogP contribution is -2.32. The second kappa shape index (κ2) is 5.13. The average Bonchev–Trinajstić information content (AvgIpc) is 2.80. The van der Waals surface area contributed by atoms with Crippen molar-refractivity contribution < 1.29 is 22.7 Å². The summed E-state index contributed by atoms with van der Waals surface area (Å²) >= 11 is 0. The Bertz CT molecular complexity index is 642. The number of hydrogen-bond acceptors (Lipinski definition) is 7. The third-order valence-corrected chi connectivity index (χ3v) is 4.10. The molecule has 2 heterocycles. The number of esters is 1. The number of amides is 1. The second-order valence-corrected chi connectivity index (χ2v) is 6.03. The van der Waals surface area contributed by atoms with E-state index in [2.05, 4.69) is 14.7 Å². The van der Waals surface area contributed by atoms with E-state index < -0.39 is 27.1 Å². The Morgan fingerprint density at radius 2 is 2.05 bits per heavy atom. The van der Waals surface area contributed by atoms with E-state index in [0.717, 1.165) is 4.90 Å². The van der Waals surface area contributed by atoms with Gasteiger partial charge in [0.25, 0.3) is 0 Å². The highest BCUT2D eigenvalue weighted by Gasteiger charge is 2.38. The molecule has 1 unspecified atom stereocenters. The van der Waals surface area contributed by atoms with Crippen LogP contribution >= 0.6 is 0 Å². The number of anilines is 1. The maximum atomic E-state index is 11.7. The minimum Gasteiger partial charge on any atom is -0.465 e. The number of hydrogen-bond donors (Lipinski definition) is 1. The molecule has 108 valence electrons. The Balaban J connectivity index is 2.21. The molecule has 0 saturated carbocycles. The van der Waals surface area contributed by atoms with Crippen LogP contribution in [-0.2, 0) is 19.6 Å². The fourth-order valence-electron chi connectivity index (χ4n) is 1.77. The van der Waals surface area contributed by atoms with Crippen LogP contribution in [0.3, 0.4) is 0 Å². The zero-order valence-electron chi connectivity index (χ0n) is 10.5. The Hall–Kier alpha value is -2.07. The van der Waals surface area contributed by atoms with Gasteiger partial charge in [-0.1, -0.05) is 0 Å². The topological polar surface area (TPSA) is 133 Å². The SMILES string of the molecule is COC(=O)c1cnc(N2CC(S(N)(=O)=O)CC2=O)nc1. The molecule has 0 aromatic carbocycles. The van der Waals surface area contributed by atoms with E-state index in [1.54, 1.807) is 0 Å². The zero-order valence-corrected chi connectivity index (χ0v) is 11.3. The maximum absolute atomic E-state index is 11.7. The van der Waals surface area contributed by atoms with Gasteiger partial charge in [0.05, 0.1) is 12.7 Å². The molecular formula is C10H12N4O5S. The minimum atomic E-state index is -3.79. The Labute approximate surface area is 114 Å². The predicted molar refractivity (Wildman–Crippen MR) is 67.2 cm³/mol. The third kappa shape index (κ3) is 2.75. The molecule has 0 bridgehead atoms. The summed E-state index contributed by atoms with van der Waals surface area (Å²) in [5.41, 5.74) is 0.130. The Morgan fingerprint density at radius 1 is 1.45 bits per heavy atom. The largest absolute Gasteiger partial charge is 0.465 e. The summed E-state index contributed by atoms with van der Waals surface area (Å²) in [4.78, 5) is 31.8. The van der Waals surface area contributed by atoms with E-state index in [1.165, 1.54) is 19.5 Å². The third-order valence-electron chi connectivity index (χ3n) is 2.85. The molecule has 0 aliphatic carbocycles. The number of methoxy groups -OCH3 is 1. The molecule has 0 radical (unpaired) electrons. The van der Waals surface area contributed by atoms with Crippen molar-refractivity contribution in [3.63, 3.8) is 0 Å². The van der Waals surface area contributed by atoms with Gasteiger partial charge in [0, 0.05) is 25.4 Å². The maximum Gasteiger partial charge on any atom is 0.341 e. The van der Waals surface area contributed by atoms with Gasteiger partial charge in [-0.3, -0.25) is 9.69 Å². The molecule has 20 heavy (non-hydrogen) atoms. The molecule has 0 spiro atoms. The summed E-state index contributed by atoms with van der Waals surface area (Å²) in [5, 5.41) is 4.04. The quantitative estimate of drug-likeness (QED) is 0.683. The van der Waals surface area contributed by atoms with Crippen LogP contribution in [0, 0.1) is 0 Å². The molecule has 1 saturated heterocycles. The number of primary sulfonamides is 1. The van der Waals surface area contributed by atoms with Crippen molar-refractivity contribution in [2.75, 3.05) is 18.6 Å². The van der Waals surface area contributed by atoms with Crippen molar-refractivity contribution in [2.45, 2.75) is 11.7 Å². The lowest BCUT2D eigenvalue weighted by molar-refractivity contribution is -0.117. The van der Waals surface area contributed by atoms with Crippen LogP contribution in [-0.4, -0.2) is 49.2 Å². The average molecular weight is 300 g/mol. The van der Waals surface area contributed by atoms with Crippen molar-refractivity contribution >= 4 is 27.8 Å². The number of ether oxygens (including phenoxy) is 1. The minimum absolute atomic E-state index is 0.0220.